The third-order valence-electron chi connectivity index (χ3n) is 3.97. The molecule has 0 unspecified atom stereocenters. The van der Waals surface area contributed by atoms with E-state index in [2.05, 4.69) is 28.7 Å². The van der Waals surface area contributed by atoms with Crippen LogP contribution in [0.5, 0.6) is 5.88 Å². The van der Waals surface area contributed by atoms with Crippen molar-refractivity contribution < 1.29 is 9.53 Å². The van der Waals surface area contributed by atoms with Gasteiger partial charge < -0.3 is 14.5 Å². The quantitative estimate of drug-likeness (QED) is 0.830. The lowest BCUT2D eigenvalue weighted by atomic mass is 9.95. The molecule has 1 aromatic heterocycles. The first kappa shape index (κ1) is 16.5. The molecule has 1 fully saturated rings. The zero-order valence-corrected chi connectivity index (χ0v) is 14.0. The summed E-state index contributed by atoms with van der Waals surface area (Å²) in [6, 6.07) is 1.74. The largest absolute Gasteiger partial charge is 0.481 e. The van der Waals surface area contributed by atoms with Crippen molar-refractivity contribution >= 4 is 11.9 Å². The van der Waals surface area contributed by atoms with E-state index in [0.29, 0.717) is 17.7 Å². The molecule has 1 aliphatic heterocycles. The van der Waals surface area contributed by atoms with E-state index in [4.69, 9.17) is 4.74 Å². The molecular formula is C16H26N4O2. The van der Waals surface area contributed by atoms with Crippen LogP contribution in [0.2, 0.25) is 0 Å². The number of amides is 1. The summed E-state index contributed by atoms with van der Waals surface area (Å²) in [5.41, 5.74) is 0. The van der Waals surface area contributed by atoms with Crippen LogP contribution in [0, 0.1) is 11.8 Å². The van der Waals surface area contributed by atoms with Crippen LogP contribution in [0.15, 0.2) is 12.3 Å². The highest BCUT2D eigenvalue weighted by atomic mass is 16.5. The fourth-order valence-electron chi connectivity index (χ4n) is 2.87. The first-order chi connectivity index (χ1) is 10.5. The smallest absolute Gasteiger partial charge is 0.228 e. The molecule has 1 saturated heterocycles. The molecule has 0 aliphatic carbocycles. The lowest BCUT2D eigenvalue weighted by molar-refractivity contribution is -0.135. The van der Waals surface area contributed by atoms with Gasteiger partial charge in [-0.1, -0.05) is 13.8 Å². The van der Waals surface area contributed by atoms with Gasteiger partial charge in [0, 0.05) is 44.9 Å². The van der Waals surface area contributed by atoms with Gasteiger partial charge in [-0.15, -0.1) is 0 Å². The van der Waals surface area contributed by atoms with E-state index in [-0.39, 0.29) is 11.8 Å². The maximum absolute atomic E-state index is 12.4. The van der Waals surface area contributed by atoms with Crippen molar-refractivity contribution in [3.8, 4) is 5.88 Å². The summed E-state index contributed by atoms with van der Waals surface area (Å²) < 4.78 is 5.13. The van der Waals surface area contributed by atoms with Crippen LogP contribution in [0.3, 0.4) is 0 Å². The second-order valence-electron chi connectivity index (χ2n) is 6.27. The summed E-state index contributed by atoms with van der Waals surface area (Å²) in [6.07, 6.45) is 3.40. The molecule has 0 saturated carbocycles. The van der Waals surface area contributed by atoms with Gasteiger partial charge in [0.1, 0.15) is 0 Å². The Kier molecular flexibility index (Phi) is 5.57. The molecule has 22 heavy (non-hydrogen) atoms. The number of carbonyl (C=O) groups excluding carboxylic acids is 1. The van der Waals surface area contributed by atoms with E-state index in [0.717, 1.165) is 32.5 Å². The van der Waals surface area contributed by atoms with Crippen molar-refractivity contribution in [2.75, 3.05) is 38.7 Å². The molecule has 0 aromatic carbocycles. The molecule has 1 aromatic rings. The number of piperidine rings is 1. The maximum atomic E-state index is 12.4. The first-order valence-corrected chi connectivity index (χ1v) is 7.88. The number of methoxy groups -OCH3 is 1. The van der Waals surface area contributed by atoms with E-state index < -0.39 is 0 Å². The Morgan fingerprint density at radius 3 is 2.73 bits per heavy atom. The van der Waals surface area contributed by atoms with E-state index in [1.807, 2.05) is 11.9 Å². The van der Waals surface area contributed by atoms with E-state index in [1.165, 1.54) is 0 Å². The minimum atomic E-state index is 0.116. The van der Waals surface area contributed by atoms with Gasteiger partial charge in [0.05, 0.1) is 7.11 Å². The van der Waals surface area contributed by atoms with Crippen LogP contribution < -0.4 is 9.64 Å². The highest BCUT2D eigenvalue weighted by Gasteiger charge is 2.28. The predicted octanol–water partition coefficient (Wildman–Crippen LogP) is 1.82. The summed E-state index contributed by atoms with van der Waals surface area (Å²) >= 11 is 0. The third kappa shape index (κ3) is 4.08. The fourth-order valence-corrected chi connectivity index (χ4v) is 2.87. The number of rotatable bonds is 5. The van der Waals surface area contributed by atoms with E-state index in [1.54, 1.807) is 19.4 Å². The molecule has 0 N–H and O–H groups in total. The Morgan fingerprint density at radius 1 is 1.45 bits per heavy atom. The van der Waals surface area contributed by atoms with Gasteiger partial charge in [-0.3, -0.25) is 4.79 Å². The van der Waals surface area contributed by atoms with Crippen LogP contribution >= 0.6 is 0 Å². The van der Waals surface area contributed by atoms with Crippen molar-refractivity contribution in [2.24, 2.45) is 11.8 Å². The molecule has 0 bridgehead atoms. The normalized spacial score (nSPS) is 16.0. The van der Waals surface area contributed by atoms with Crippen LogP contribution in [-0.2, 0) is 4.79 Å². The van der Waals surface area contributed by atoms with Gasteiger partial charge >= 0.3 is 0 Å². The highest BCUT2D eigenvalue weighted by molar-refractivity contribution is 5.78. The minimum absolute atomic E-state index is 0.116. The second-order valence-corrected chi connectivity index (χ2v) is 6.27. The highest BCUT2D eigenvalue weighted by Crippen LogP contribution is 2.23. The zero-order chi connectivity index (χ0) is 16.1. The van der Waals surface area contributed by atoms with Gasteiger partial charge in [0.15, 0.2) is 0 Å². The van der Waals surface area contributed by atoms with Crippen molar-refractivity contribution in [2.45, 2.75) is 26.7 Å². The summed E-state index contributed by atoms with van der Waals surface area (Å²) in [7, 11) is 3.50. The number of hydrogen-bond acceptors (Lipinski definition) is 5. The van der Waals surface area contributed by atoms with Crippen molar-refractivity contribution in [1.29, 1.82) is 0 Å². The monoisotopic (exact) mass is 306 g/mol. The fraction of sp³-hybridized carbons (Fsp3) is 0.688. The molecule has 122 valence electrons. The lowest BCUT2D eigenvalue weighted by Gasteiger charge is -2.33. The molecule has 6 nitrogen and oxygen atoms in total. The Bertz CT molecular complexity index is 499. The molecule has 6 heteroatoms. The van der Waals surface area contributed by atoms with Crippen molar-refractivity contribution in [3.05, 3.63) is 12.3 Å². The van der Waals surface area contributed by atoms with Gasteiger partial charge in [-0.2, -0.15) is 4.98 Å². The molecule has 1 amide bonds. The lowest BCUT2D eigenvalue weighted by Crippen LogP contribution is -2.42. The average Bonchev–Trinajstić information content (AvgIpc) is 2.53. The molecule has 0 radical (unpaired) electrons. The van der Waals surface area contributed by atoms with Crippen LogP contribution in [0.25, 0.3) is 0 Å². The van der Waals surface area contributed by atoms with Gasteiger partial charge in [0.2, 0.25) is 17.7 Å². The molecule has 1 aliphatic rings. The second kappa shape index (κ2) is 7.42. The number of nitrogens with zero attached hydrogens (tertiary/aromatic N) is 4. The summed E-state index contributed by atoms with van der Waals surface area (Å²) in [5.74, 6) is 2.13. The zero-order valence-electron chi connectivity index (χ0n) is 14.0. The number of carbonyl (C=O) groups is 1. The first-order valence-electron chi connectivity index (χ1n) is 7.88. The van der Waals surface area contributed by atoms with Crippen LogP contribution in [-0.4, -0.2) is 54.6 Å². The van der Waals surface area contributed by atoms with Gasteiger partial charge in [-0.25, -0.2) is 4.98 Å². The maximum Gasteiger partial charge on any atom is 0.228 e. The van der Waals surface area contributed by atoms with Crippen LogP contribution in [0.4, 0.5) is 5.95 Å². The van der Waals surface area contributed by atoms with E-state index >= 15 is 0 Å². The van der Waals surface area contributed by atoms with Gasteiger partial charge in [-0.05, 0) is 18.8 Å². The van der Waals surface area contributed by atoms with Crippen LogP contribution in [0.1, 0.15) is 26.7 Å². The minimum Gasteiger partial charge on any atom is -0.481 e. The molecule has 2 heterocycles. The third-order valence-corrected chi connectivity index (χ3v) is 3.97. The number of hydrogen-bond donors (Lipinski definition) is 0. The number of anilines is 1. The molecule has 0 atom stereocenters. The Morgan fingerprint density at radius 2 is 2.14 bits per heavy atom. The van der Waals surface area contributed by atoms with Gasteiger partial charge in [0.25, 0.3) is 0 Å². The predicted molar refractivity (Wildman–Crippen MR) is 86.0 cm³/mol. The molecular weight excluding hydrogens is 280 g/mol. The summed E-state index contributed by atoms with van der Waals surface area (Å²) in [5, 5.41) is 0. The van der Waals surface area contributed by atoms with E-state index in [9.17, 15) is 4.79 Å². The Hall–Kier alpha value is -1.85. The average molecular weight is 306 g/mol. The topological polar surface area (TPSA) is 58.6 Å². The SMILES string of the molecule is COc1ccnc(N2CCC(C(=O)N(C)CC(C)C)CC2)n1. The number of aromatic nitrogens is 2. The Labute approximate surface area is 132 Å². The standard InChI is InChI=1S/C16H26N4O2/c1-12(2)11-19(3)15(21)13-6-9-20(10-7-13)16-17-8-5-14(18-16)22-4/h5,8,12-13H,6-7,9-11H2,1-4H3. The molecule has 2 rings (SSSR count). The number of ether oxygens (including phenoxy) is 1. The van der Waals surface area contributed by atoms with Crippen molar-refractivity contribution in [3.63, 3.8) is 0 Å². The summed E-state index contributed by atoms with van der Waals surface area (Å²) in [6.45, 7) is 6.69. The van der Waals surface area contributed by atoms with Crippen molar-refractivity contribution in [1.82, 2.24) is 14.9 Å². The summed E-state index contributed by atoms with van der Waals surface area (Å²) in [4.78, 5) is 25.1. The molecule has 0 spiro atoms. The Balaban J connectivity index is 1.91.